The zero-order valence-corrected chi connectivity index (χ0v) is 14.8. The van der Waals surface area contributed by atoms with Gasteiger partial charge in [0.05, 0.1) is 23.1 Å². The predicted molar refractivity (Wildman–Crippen MR) is 91.5 cm³/mol. The molecule has 8 heteroatoms. The van der Waals surface area contributed by atoms with E-state index in [0.29, 0.717) is 35.1 Å². The summed E-state index contributed by atoms with van der Waals surface area (Å²) in [5.74, 6) is -0.0781. The molecule has 2 heterocycles. The Morgan fingerprint density at radius 2 is 2.12 bits per heavy atom. The molecular formula is C16H19Cl2N3O3. The third-order valence-electron chi connectivity index (χ3n) is 4.73. The highest BCUT2D eigenvalue weighted by Gasteiger charge is 2.42. The molecule has 2 saturated heterocycles. The third kappa shape index (κ3) is 3.18. The molecule has 0 bridgehead atoms. The van der Waals surface area contributed by atoms with Crippen molar-refractivity contribution in [2.24, 2.45) is 0 Å². The van der Waals surface area contributed by atoms with Gasteiger partial charge >= 0.3 is 0 Å². The molecule has 2 atom stereocenters. The van der Waals surface area contributed by atoms with E-state index in [0.717, 1.165) is 0 Å². The highest BCUT2D eigenvalue weighted by atomic mass is 35.5. The van der Waals surface area contributed by atoms with Crippen molar-refractivity contribution < 1.29 is 14.7 Å². The van der Waals surface area contributed by atoms with Gasteiger partial charge in [-0.15, -0.1) is 0 Å². The van der Waals surface area contributed by atoms with E-state index in [4.69, 9.17) is 23.2 Å². The van der Waals surface area contributed by atoms with E-state index in [1.165, 1.54) is 6.07 Å². The summed E-state index contributed by atoms with van der Waals surface area (Å²) in [4.78, 5) is 27.6. The maximum atomic E-state index is 12.4. The van der Waals surface area contributed by atoms with Crippen LogP contribution in [0.3, 0.4) is 0 Å². The van der Waals surface area contributed by atoms with Crippen LogP contribution in [0.15, 0.2) is 12.1 Å². The molecular weight excluding hydrogens is 353 g/mol. The monoisotopic (exact) mass is 371 g/mol. The van der Waals surface area contributed by atoms with E-state index in [9.17, 15) is 14.7 Å². The molecule has 2 N–H and O–H groups in total. The molecule has 3 rings (SSSR count). The Hall–Kier alpha value is -1.50. The molecule has 2 fully saturated rings. The molecule has 0 aliphatic carbocycles. The molecule has 2 amide bonds. The largest absolute Gasteiger partial charge is 0.508 e. The number of fused-ring (bicyclic) bond motifs is 1. The maximum absolute atomic E-state index is 12.4. The number of hydrogen-bond donors (Lipinski definition) is 2. The van der Waals surface area contributed by atoms with Crippen LogP contribution in [0, 0.1) is 0 Å². The summed E-state index contributed by atoms with van der Waals surface area (Å²) in [7, 11) is 1.58. The van der Waals surface area contributed by atoms with Crippen LogP contribution in [0.4, 0.5) is 0 Å². The van der Waals surface area contributed by atoms with Crippen LogP contribution in [0.2, 0.25) is 10.0 Å². The van der Waals surface area contributed by atoms with Gasteiger partial charge in [0.1, 0.15) is 5.75 Å². The van der Waals surface area contributed by atoms with Gasteiger partial charge in [-0.05, 0) is 18.6 Å². The lowest BCUT2D eigenvalue weighted by Gasteiger charge is -2.36. The number of likely N-dealkylation sites (N-methyl/N-ethyl adjacent to an activating group) is 1. The van der Waals surface area contributed by atoms with Crippen molar-refractivity contribution in [3.05, 3.63) is 27.7 Å². The predicted octanol–water partition coefficient (Wildman–Crippen LogP) is 1.45. The van der Waals surface area contributed by atoms with E-state index in [-0.39, 0.29) is 42.6 Å². The Morgan fingerprint density at radius 1 is 1.38 bits per heavy atom. The second-order valence-corrected chi connectivity index (χ2v) is 7.05. The van der Waals surface area contributed by atoms with Gasteiger partial charge < -0.3 is 15.3 Å². The van der Waals surface area contributed by atoms with Crippen molar-refractivity contribution in [3.63, 3.8) is 0 Å². The van der Waals surface area contributed by atoms with Crippen molar-refractivity contribution in [1.82, 2.24) is 15.1 Å². The van der Waals surface area contributed by atoms with Crippen molar-refractivity contribution >= 4 is 35.0 Å². The number of piperazine rings is 1. The van der Waals surface area contributed by atoms with E-state index in [1.807, 2.05) is 9.80 Å². The second kappa shape index (κ2) is 6.78. The van der Waals surface area contributed by atoms with Crippen molar-refractivity contribution in [2.45, 2.75) is 18.4 Å². The first-order valence-electron chi connectivity index (χ1n) is 7.80. The average Bonchev–Trinajstić information content (AvgIpc) is 2.95. The van der Waals surface area contributed by atoms with Crippen LogP contribution in [-0.2, 0) is 9.59 Å². The zero-order chi connectivity index (χ0) is 17.4. The molecule has 1 aromatic carbocycles. The normalized spacial score (nSPS) is 24.1. The minimum atomic E-state index is -0.110. The maximum Gasteiger partial charge on any atom is 0.237 e. The summed E-state index contributed by atoms with van der Waals surface area (Å²) < 4.78 is 0. The standard InChI is InChI=1S/C16H19Cl2N3O3/c1-19-13(23)7-20-6-10-4-9(5-21(10)14(24)8-20)15-12(22)3-2-11(17)16(15)18/h2-3,9-10,22H,4-8H2,1H3,(H,19,23)/t9-,10-/m0/s1. The lowest BCUT2D eigenvalue weighted by atomic mass is 9.95. The minimum absolute atomic E-state index is 0.00436. The van der Waals surface area contributed by atoms with Gasteiger partial charge in [-0.3, -0.25) is 14.5 Å². The minimum Gasteiger partial charge on any atom is -0.508 e. The molecule has 130 valence electrons. The molecule has 0 unspecified atom stereocenters. The van der Waals surface area contributed by atoms with Crippen LogP contribution in [0.1, 0.15) is 17.9 Å². The van der Waals surface area contributed by atoms with Crippen molar-refractivity contribution in [3.8, 4) is 5.75 Å². The number of rotatable bonds is 3. The Bertz CT molecular complexity index is 683. The molecule has 0 radical (unpaired) electrons. The summed E-state index contributed by atoms with van der Waals surface area (Å²) in [6.07, 6.45) is 0.684. The number of phenols is 1. The highest BCUT2D eigenvalue weighted by Crippen LogP contribution is 2.43. The van der Waals surface area contributed by atoms with Gasteiger partial charge in [-0.2, -0.15) is 0 Å². The van der Waals surface area contributed by atoms with Crippen LogP contribution in [0.5, 0.6) is 5.75 Å². The number of carbonyl (C=O) groups is 2. The summed E-state index contributed by atoms with van der Waals surface area (Å²) in [5.41, 5.74) is 0.601. The Balaban J connectivity index is 1.78. The molecule has 6 nitrogen and oxygen atoms in total. The summed E-state index contributed by atoms with van der Waals surface area (Å²) >= 11 is 12.3. The van der Waals surface area contributed by atoms with Crippen molar-refractivity contribution in [1.29, 1.82) is 0 Å². The van der Waals surface area contributed by atoms with Gasteiger partial charge in [0, 0.05) is 37.7 Å². The summed E-state index contributed by atoms with van der Waals surface area (Å²) in [6.45, 7) is 1.58. The molecule has 0 aromatic heterocycles. The van der Waals surface area contributed by atoms with E-state index in [1.54, 1.807) is 13.1 Å². The quantitative estimate of drug-likeness (QED) is 0.843. The summed E-state index contributed by atoms with van der Waals surface area (Å²) in [5, 5.41) is 13.5. The molecule has 1 aromatic rings. The van der Waals surface area contributed by atoms with Gasteiger partial charge in [0.25, 0.3) is 0 Å². The van der Waals surface area contributed by atoms with Crippen LogP contribution in [-0.4, -0.2) is 66.0 Å². The third-order valence-corrected chi connectivity index (χ3v) is 5.55. The first-order chi connectivity index (χ1) is 11.4. The van der Waals surface area contributed by atoms with Gasteiger partial charge in [-0.1, -0.05) is 23.2 Å². The Labute approximate surface area is 150 Å². The number of halogens is 2. The van der Waals surface area contributed by atoms with Gasteiger partial charge in [0.15, 0.2) is 0 Å². The zero-order valence-electron chi connectivity index (χ0n) is 13.3. The van der Waals surface area contributed by atoms with Gasteiger partial charge in [0.2, 0.25) is 11.8 Å². The van der Waals surface area contributed by atoms with Crippen molar-refractivity contribution in [2.75, 3.05) is 33.2 Å². The molecule has 2 aliphatic heterocycles. The molecule has 2 aliphatic rings. The van der Waals surface area contributed by atoms with E-state index in [2.05, 4.69) is 5.32 Å². The van der Waals surface area contributed by atoms with Crippen LogP contribution in [0.25, 0.3) is 0 Å². The lowest BCUT2D eigenvalue weighted by Crippen LogP contribution is -2.55. The Morgan fingerprint density at radius 3 is 2.83 bits per heavy atom. The Kier molecular flexibility index (Phi) is 4.90. The molecule has 24 heavy (non-hydrogen) atoms. The fourth-order valence-corrected chi connectivity index (χ4v) is 4.08. The number of amides is 2. The topological polar surface area (TPSA) is 72.9 Å². The number of aromatic hydroxyl groups is 1. The average molecular weight is 372 g/mol. The SMILES string of the molecule is CNC(=O)CN1CC(=O)N2C[C@@H](c3c(O)ccc(Cl)c3Cl)C[C@H]2C1. The van der Waals surface area contributed by atoms with Gasteiger partial charge in [-0.25, -0.2) is 0 Å². The molecule has 0 saturated carbocycles. The number of nitrogens with zero attached hydrogens (tertiary/aromatic N) is 2. The van der Waals surface area contributed by atoms with E-state index >= 15 is 0 Å². The number of benzene rings is 1. The number of nitrogens with one attached hydrogen (secondary N) is 1. The smallest absolute Gasteiger partial charge is 0.237 e. The number of hydrogen-bond acceptors (Lipinski definition) is 4. The van der Waals surface area contributed by atoms with E-state index < -0.39 is 0 Å². The highest BCUT2D eigenvalue weighted by molar-refractivity contribution is 6.42. The lowest BCUT2D eigenvalue weighted by molar-refractivity contribution is -0.138. The summed E-state index contributed by atoms with van der Waals surface area (Å²) in [6, 6.07) is 3.09. The van der Waals surface area contributed by atoms with Crippen LogP contribution < -0.4 is 5.32 Å². The first-order valence-corrected chi connectivity index (χ1v) is 8.55. The molecule has 0 spiro atoms. The second-order valence-electron chi connectivity index (χ2n) is 6.27. The fourth-order valence-electron chi connectivity index (χ4n) is 3.60. The van der Waals surface area contributed by atoms with Crippen LogP contribution >= 0.6 is 23.2 Å². The fraction of sp³-hybridized carbons (Fsp3) is 0.500. The number of carbonyl (C=O) groups excluding carboxylic acids is 2. The number of phenolic OH excluding ortho intramolecular Hbond substituents is 1. The first kappa shape index (κ1) is 17.3.